The van der Waals surface area contributed by atoms with Gasteiger partial charge in [0.15, 0.2) is 0 Å². The Bertz CT molecular complexity index is 282. The van der Waals surface area contributed by atoms with Gasteiger partial charge in [0, 0.05) is 17.8 Å². The van der Waals surface area contributed by atoms with Crippen LogP contribution in [0.2, 0.25) is 0 Å². The van der Waals surface area contributed by atoms with E-state index >= 15 is 0 Å². The molecule has 0 spiro atoms. The third-order valence-electron chi connectivity index (χ3n) is 4.12. The van der Waals surface area contributed by atoms with E-state index in [1.54, 1.807) is 6.92 Å². The lowest BCUT2D eigenvalue weighted by Crippen LogP contribution is -2.35. The van der Waals surface area contributed by atoms with E-state index in [1.165, 1.54) is 0 Å². The molecular weight excluding hydrogens is 176 g/mol. The fourth-order valence-electron chi connectivity index (χ4n) is 3.19. The summed E-state index contributed by atoms with van der Waals surface area (Å²) in [6.07, 6.45) is 4.76. The average molecular weight is 194 g/mol. The lowest BCUT2D eigenvalue weighted by atomic mass is 9.70. The number of carbonyl (C=O) groups is 2. The minimum atomic E-state index is -0.0298. The van der Waals surface area contributed by atoms with Gasteiger partial charge in [0.25, 0.3) is 0 Å². The van der Waals surface area contributed by atoms with Crippen molar-refractivity contribution in [2.45, 2.75) is 46.0 Å². The smallest absolute Gasteiger partial charge is 0.142 e. The minimum Gasteiger partial charge on any atom is -0.300 e. The molecule has 2 fully saturated rings. The van der Waals surface area contributed by atoms with Gasteiger partial charge in [0.05, 0.1) is 0 Å². The van der Waals surface area contributed by atoms with E-state index in [0.717, 1.165) is 25.7 Å². The van der Waals surface area contributed by atoms with Crippen LogP contribution in [-0.4, -0.2) is 11.6 Å². The second-order valence-electron chi connectivity index (χ2n) is 5.27. The molecule has 2 nitrogen and oxygen atoms in total. The Kier molecular flexibility index (Phi) is 2.24. The molecule has 0 amide bonds. The van der Waals surface area contributed by atoms with Gasteiger partial charge in [-0.2, -0.15) is 0 Å². The molecule has 0 aromatic heterocycles. The summed E-state index contributed by atoms with van der Waals surface area (Å²) in [5, 5.41) is 0. The first-order valence-corrected chi connectivity index (χ1v) is 5.57. The van der Waals surface area contributed by atoms with Crippen LogP contribution in [0.25, 0.3) is 0 Å². The van der Waals surface area contributed by atoms with Crippen molar-refractivity contribution in [2.24, 2.45) is 17.3 Å². The summed E-state index contributed by atoms with van der Waals surface area (Å²) >= 11 is 0. The number of rotatable bonds is 2. The van der Waals surface area contributed by atoms with Crippen LogP contribution in [0.5, 0.6) is 0 Å². The molecule has 2 saturated carbocycles. The Labute approximate surface area is 85.1 Å². The van der Waals surface area contributed by atoms with Crippen molar-refractivity contribution in [3.63, 3.8) is 0 Å². The van der Waals surface area contributed by atoms with E-state index in [9.17, 15) is 9.59 Å². The number of Topliss-reactive ketones (excluding diaryl/α,β-unsaturated/α-hetero) is 2. The van der Waals surface area contributed by atoms with Crippen LogP contribution < -0.4 is 0 Å². The van der Waals surface area contributed by atoms with Crippen molar-refractivity contribution >= 4 is 11.6 Å². The van der Waals surface area contributed by atoms with Crippen molar-refractivity contribution in [1.82, 2.24) is 0 Å². The van der Waals surface area contributed by atoms with Crippen molar-refractivity contribution in [3.8, 4) is 0 Å². The fraction of sp³-hybridized carbons (Fsp3) is 0.833. The summed E-state index contributed by atoms with van der Waals surface area (Å²) in [4.78, 5) is 23.1. The standard InChI is InChI=1S/C12H18O2/c1-8(13)7-9-3-5-12(2)6-4-10(9)11(12)14/h9-10H,3-7H2,1-2H3/t9-,10+,12+/m0/s1. The molecule has 3 atom stereocenters. The number of hydrogen-bond acceptors (Lipinski definition) is 2. The van der Waals surface area contributed by atoms with Crippen LogP contribution in [0.1, 0.15) is 46.0 Å². The zero-order valence-corrected chi connectivity index (χ0v) is 9.01. The van der Waals surface area contributed by atoms with E-state index in [2.05, 4.69) is 6.92 Å². The second kappa shape index (κ2) is 3.18. The molecule has 0 unspecified atom stereocenters. The van der Waals surface area contributed by atoms with Crippen LogP contribution >= 0.6 is 0 Å². The Balaban J connectivity index is 2.12. The zero-order valence-electron chi connectivity index (χ0n) is 9.01. The van der Waals surface area contributed by atoms with Gasteiger partial charge in [0.1, 0.15) is 11.6 Å². The highest BCUT2D eigenvalue weighted by Crippen LogP contribution is 2.51. The normalized spacial score (nSPS) is 41.4. The first-order chi connectivity index (χ1) is 6.53. The van der Waals surface area contributed by atoms with E-state index < -0.39 is 0 Å². The highest BCUT2D eigenvalue weighted by Gasteiger charge is 2.50. The molecule has 2 aliphatic rings. The lowest BCUT2D eigenvalue weighted by molar-refractivity contribution is -0.133. The molecule has 0 N–H and O–H groups in total. The number of fused-ring (bicyclic) bond motifs is 2. The predicted molar refractivity (Wildman–Crippen MR) is 53.9 cm³/mol. The Morgan fingerprint density at radius 2 is 2.07 bits per heavy atom. The molecule has 0 aromatic carbocycles. The molecular formula is C12H18O2. The van der Waals surface area contributed by atoms with Gasteiger partial charge in [-0.25, -0.2) is 0 Å². The van der Waals surface area contributed by atoms with Gasteiger partial charge in [-0.05, 0) is 38.5 Å². The molecule has 2 heteroatoms. The molecule has 0 heterocycles. The maximum atomic E-state index is 12.0. The van der Waals surface area contributed by atoms with Gasteiger partial charge < -0.3 is 4.79 Å². The zero-order chi connectivity index (χ0) is 10.3. The SMILES string of the molecule is CC(=O)C[C@@H]1CC[C@]2(C)CC[C@H]1C2=O. The Morgan fingerprint density at radius 1 is 1.43 bits per heavy atom. The Hall–Kier alpha value is -0.660. The van der Waals surface area contributed by atoms with Crippen LogP contribution in [0.3, 0.4) is 0 Å². The van der Waals surface area contributed by atoms with Crippen molar-refractivity contribution < 1.29 is 9.59 Å². The summed E-state index contributed by atoms with van der Waals surface area (Å²) in [7, 11) is 0. The van der Waals surface area contributed by atoms with Gasteiger partial charge in [0.2, 0.25) is 0 Å². The molecule has 0 aromatic rings. The van der Waals surface area contributed by atoms with Crippen molar-refractivity contribution in [1.29, 1.82) is 0 Å². The molecule has 14 heavy (non-hydrogen) atoms. The molecule has 0 aliphatic heterocycles. The molecule has 2 bridgehead atoms. The molecule has 2 rings (SSSR count). The predicted octanol–water partition coefficient (Wildman–Crippen LogP) is 2.36. The van der Waals surface area contributed by atoms with Crippen LogP contribution in [0.4, 0.5) is 0 Å². The summed E-state index contributed by atoms with van der Waals surface area (Å²) in [6, 6.07) is 0. The first kappa shape index (κ1) is 9.88. The van der Waals surface area contributed by atoms with Gasteiger partial charge >= 0.3 is 0 Å². The molecule has 0 saturated heterocycles. The van der Waals surface area contributed by atoms with E-state index in [4.69, 9.17) is 0 Å². The third-order valence-corrected chi connectivity index (χ3v) is 4.12. The van der Waals surface area contributed by atoms with Gasteiger partial charge in [-0.1, -0.05) is 6.92 Å². The van der Waals surface area contributed by atoms with E-state index in [1.807, 2.05) is 0 Å². The maximum Gasteiger partial charge on any atom is 0.142 e. The number of ketones is 2. The maximum absolute atomic E-state index is 12.0. The van der Waals surface area contributed by atoms with E-state index in [-0.39, 0.29) is 17.1 Å². The average Bonchev–Trinajstić information content (AvgIpc) is 2.30. The number of carbonyl (C=O) groups excluding carboxylic acids is 2. The molecule has 2 aliphatic carbocycles. The molecule has 78 valence electrons. The summed E-state index contributed by atoms with van der Waals surface area (Å²) < 4.78 is 0. The summed E-state index contributed by atoms with van der Waals surface area (Å²) in [6.45, 7) is 3.73. The van der Waals surface area contributed by atoms with Crippen molar-refractivity contribution in [2.75, 3.05) is 0 Å². The summed E-state index contributed by atoms with van der Waals surface area (Å²) in [5.74, 6) is 1.24. The first-order valence-electron chi connectivity index (χ1n) is 5.57. The van der Waals surface area contributed by atoms with Gasteiger partial charge in [-0.3, -0.25) is 4.79 Å². The van der Waals surface area contributed by atoms with Crippen LogP contribution in [0.15, 0.2) is 0 Å². The van der Waals surface area contributed by atoms with Gasteiger partial charge in [-0.15, -0.1) is 0 Å². The van der Waals surface area contributed by atoms with Crippen molar-refractivity contribution in [3.05, 3.63) is 0 Å². The minimum absolute atomic E-state index is 0.0298. The molecule has 0 radical (unpaired) electrons. The lowest BCUT2D eigenvalue weighted by Gasteiger charge is -2.32. The number of hydrogen-bond donors (Lipinski definition) is 0. The monoisotopic (exact) mass is 194 g/mol. The third kappa shape index (κ3) is 1.41. The Morgan fingerprint density at radius 3 is 2.71 bits per heavy atom. The topological polar surface area (TPSA) is 34.1 Å². The quantitative estimate of drug-likeness (QED) is 0.676. The summed E-state index contributed by atoms with van der Waals surface area (Å²) in [5.41, 5.74) is -0.0298. The van der Waals surface area contributed by atoms with Crippen LogP contribution in [0, 0.1) is 17.3 Å². The fourth-order valence-corrected chi connectivity index (χ4v) is 3.19. The largest absolute Gasteiger partial charge is 0.300 e. The highest BCUT2D eigenvalue weighted by atomic mass is 16.1. The highest BCUT2D eigenvalue weighted by molar-refractivity contribution is 5.90. The second-order valence-corrected chi connectivity index (χ2v) is 5.27. The van der Waals surface area contributed by atoms with Crippen LogP contribution in [-0.2, 0) is 9.59 Å². The van der Waals surface area contributed by atoms with E-state index in [0.29, 0.717) is 18.1 Å².